The average Bonchev–Trinajstić information content (AvgIpc) is 2.46. The molecule has 0 amide bonds. The third-order valence-electron chi connectivity index (χ3n) is 2.84. The average molecular weight is 361 g/mol. The molecular weight excluding hydrogens is 347 g/mol. The van der Waals surface area contributed by atoms with Crippen molar-refractivity contribution < 1.29 is 18.3 Å². The summed E-state index contributed by atoms with van der Waals surface area (Å²) in [6.45, 7) is -0.131. The van der Waals surface area contributed by atoms with Crippen LogP contribution in [0.5, 0.6) is 5.75 Å². The molecule has 0 unspecified atom stereocenters. The fraction of sp³-hybridized carbons (Fsp3) is 0.200. The van der Waals surface area contributed by atoms with Gasteiger partial charge in [0.25, 0.3) is 0 Å². The molecule has 0 bridgehead atoms. The van der Waals surface area contributed by atoms with Crippen LogP contribution in [-0.2, 0) is 9.84 Å². The first-order valence-electron chi connectivity index (χ1n) is 6.41. The molecular formula is C15H14Cl2O4S. The molecule has 0 aliphatic rings. The number of benzene rings is 2. The molecule has 0 saturated carbocycles. The molecule has 0 fully saturated rings. The number of sulfone groups is 1. The normalized spacial score (nSPS) is 12.9. The SMILES string of the molecule is O=S(=O)(C[C@@H](O)COc1ccc(Cl)cc1)c1ccc(Cl)cc1. The van der Waals surface area contributed by atoms with Crippen molar-refractivity contribution in [2.24, 2.45) is 0 Å². The molecule has 1 N–H and O–H groups in total. The molecule has 0 radical (unpaired) electrons. The molecule has 118 valence electrons. The van der Waals surface area contributed by atoms with E-state index >= 15 is 0 Å². The zero-order valence-corrected chi connectivity index (χ0v) is 13.8. The smallest absolute Gasteiger partial charge is 0.181 e. The van der Waals surface area contributed by atoms with Gasteiger partial charge < -0.3 is 9.84 Å². The highest BCUT2D eigenvalue weighted by Gasteiger charge is 2.20. The summed E-state index contributed by atoms with van der Waals surface area (Å²) in [6, 6.07) is 12.4. The fourth-order valence-corrected chi connectivity index (χ4v) is 3.36. The second-order valence-electron chi connectivity index (χ2n) is 4.65. The zero-order valence-electron chi connectivity index (χ0n) is 11.4. The lowest BCUT2D eigenvalue weighted by Gasteiger charge is -2.13. The van der Waals surface area contributed by atoms with Gasteiger partial charge in [0.2, 0.25) is 0 Å². The monoisotopic (exact) mass is 360 g/mol. The largest absolute Gasteiger partial charge is 0.491 e. The summed E-state index contributed by atoms with van der Waals surface area (Å²) in [5.74, 6) is 0.0784. The van der Waals surface area contributed by atoms with E-state index in [1.807, 2.05) is 0 Å². The van der Waals surface area contributed by atoms with Gasteiger partial charge in [-0.2, -0.15) is 0 Å². The first-order valence-corrected chi connectivity index (χ1v) is 8.82. The minimum Gasteiger partial charge on any atom is -0.491 e. The Kier molecular flexibility index (Phi) is 5.69. The van der Waals surface area contributed by atoms with Gasteiger partial charge in [-0.25, -0.2) is 8.42 Å². The molecule has 2 aromatic carbocycles. The first-order chi connectivity index (χ1) is 10.4. The predicted octanol–water partition coefficient (Wildman–Crippen LogP) is 3.21. The summed E-state index contributed by atoms with van der Waals surface area (Å²) < 4.78 is 29.6. The van der Waals surface area contributed by atoms with E-state index in [1.54, 1.807) is 24.3 Å². The van der Waals surface area contributed by atoms with E-state index in [0.717, 1.165) is 0 Å². The molecule has 0 aliphatic heterocycles. The second kappa shape index (κ2) is 7.33. The van der Waals surface area contributed by atoms with Crippen molar-refractivity contribution in [1.82, 2.24) is 0 Å². The molecule has 22 heavy (non-hydrogen) atoms. The van der Waals surface area contributed by atoms with Crippen LogP contribution < -0.4 is 4.74 Å². The highest BCUT2D eigenvalue weighted by Crippen LogP contribution is 2.18. The topological polar surface area (TPSA) is 63.6 Å². The predicted molar refractivity (Wildman–Crippen MR) is 86.5 cm³/mol. The molecule has 0 heterocycles. The van der Waals surface area contributed by atoms with Crippen LogP contribution in [-0.4, -0.2) is 32.0 Å². The Morgan fingerprint density at radius 1 is 0.955 bits per heavy atom. The lowest BCUT2D eigenvalue weighted by molar-refractivity contribution is 0.125. The van der Waals surface area contributed by atoms with E-state index in [9.17, 15) is 13.5 Å². The van der Waals surface area contributed by atoms with Gasteiger partial charge in [0.1, 0.15) is 18.5 Å². The van der Waals surface area contributed by atoms with Crippen LogP contribution in [0, 0.1) is 0 Å². The Balaban J connectivity index is 1.94. The van der Waals surface area contributed by atoms with Crippen molar-refractivity contribution in [3.63, 3.8) is 0 Å². The zero-order chi connectivity index (χ0) is 16.2. The fourth-order valence-electron chi connectivity index (χ4n) is 1.76. The van der Waals surface area contributed by atoms with Crippen molar-refractivity contribution in [2.45, 2.75) is 11.0 Å². The Bertz CT molecular complexity index is 712. The maximum atomic E-state index is 12.1. The first kappa shape index (κ1) is 17.1. The maximum Gasteiger partial charge on any atom is 0.181 e. The number of hydrogen-bond acceptors (Lipinski definition) is 4. The molecule has 1 atom stereocenters. The molecule has 0 spiro atoms. The molecule has 2 aromatic rings. The Morgan fingerprint density at radius 2 is 1.45 bits per heavy atom. The van der Waals surface area contributed by atoms with Crippen LogP contribution in [0.25, 0.3) is 0 Å². The Morgan fingerprint density at radius 3 is 2.00 bits per heavy atom. The van der Waals surface area contributed by atoms with Gasteiger partial charge in [0.05, 0.1) is 10.6 Å². The minimum atomic E-state index is -3.60. The van der Waals surface area contributed by atoms with E-state index in [0.29, 0.717) is 15.8 Å². The summed E-state index contributed by atoms with van der Waals surface area (Å²) >= 11 is 11.5. The Labute approximate surface area is 139 Å². The molecule has 0 aliphatic carbocycles. The van der Waals surface area contributed by atoms with Gasteiger partial charge in [-0.05, 0) is 48.5 Å². The lowest BCUT2D eigenvalue weighted by Crippen LogP contribution is -2.27. The molecule has 4 nitrogen and oxygen atoms in total. The number of hydrogen-bond donors (Lipinski definition) is 1. The molecule has 2 rings (SSSR count). The lowest BCUT2D eigenvalue weighted by atomic mass is 10.3. The van der Waals surface area contributed by atoms with E-state index in [2.05, 4.69) is 0 Å². The van der Waals surface area contributed by atoms with Crippen molar-refractivity contribution in [2.75, 3.05) is 12.4 Å². The van der Waals surface area contributed by atoms with Crippen LogP contribution in [0.15, 0.2) is 53.4 Å². The van der Waals surface area contributed by atoms with Gasteiger partial charge in [-0.3, -0.25) is 0 Å². The van der Waals surface area contributed by atoms with Crippen molar-refractivity contribution in [1.29, 1.82) is 0 Å². The van der Waals surface area contributed by atoms with Gasteiger partial charge in [0, 0.05) is 10.0 Å². The number of aliphatic hydroxyl groups is 1. The van der Waals surface area contributed by atoms with E-state index in [4.69, 9.17) is 27.9 Å². The van der Waals surface area contributed by atoms with Crippen LogP contribution in [0.1, 0.15) is 0 Å². The van der Waals surface area contributed by atoms with Gasteiger partial charge in [-0.15, -0.1) is 0 Å². The van der Waals surface area contributed by atoms with Crippen molar-refractivity contribution in [3.05, 3.63) is 58.6 Å². The summed E-state index contributed by atoms with van der Waals surface area (Å²) in [4.78, 5) is 0.113. The number of rotatable bonds is 6. The summed E-state index contributed by atoms with van der Waals surface area (Å²) in [5.41, 5.74) is 0. The van der Waals surface area contributed by atoms with E-state index < -0.39 is 21.7 Å². The third kappa shape index (κ3) is 4.88. The van der Waals surface area contributed by atoms with Crippen LogP contribution in [0.4, 0.5) is 0 Å². The standard InChI is InChI=1S/C15H14Cl2O4S/c16-11-1-5-14(6-2-11)21-9-13(18)10-22(19,20)15-7-3-12(17)4-8-15/h1-8,13,18H,9-10H2/t13-/m0/s1. The molecule has 0 aromatic heterocycles. The van der Waals surface area contributed by atoms with Gasteiger partial charge in [-0.1, -0.05) is 23.2 Å². The summed E-state index contributed by atoms with van der Waals surface area (Å²) in [6.07, 6.45) is -1.14. The number of halogens is 2. The van der Waals surface area contributed by atoms with Crippen LogP contribution in [0.3, 0.4) is 0 Å². The summed E-state index contributed by atoms with van der Waals surface area (Å²) in [5, 5.41) is 10.9. The number of ether oxygens (including phenoxy) is 1. The van der Waals surface area contributed by atoms with Crippen LogP contribution in [0.2, 0.25) is 10.0 Å². The van der Waals surface area contributed by atoms with E-state index in [-0.39, 0.29) is 11.5 Å². The maximum absolute atomic E-state index is 12.1. The Hall–Kier alpha value is -1.27. The summed E-state index contributed by atoms with van der Waals surface area (Å²) in [7, 11) is -3.60. The third-order valence-corrected chi connectivity index (χ3v) is 5.16. The molecule has 0 saturated heterocycles. The van der Waals surface area contributed by atoms with Gasteiger partial charge in [0.15, 0.2) is 9.84 Å². The van der Waals surface area contributed by atoms with Crippen molar-refractivity contribution in [3.8, 4) is 5.75 Å². The van der Waals surface area contributed by atoms with Gasteiger partial charge >= 0.3 is 0 Å². The van der Waals surface area contributed by atoms with Crippen molar-refractivity contribution >= 4 is 33.0 Å². The highest BCUT2D eigenvalue weighted by atomic mass is 35.5. The second-order valence-corrected chi connectivity index (χ2v) is 7.56. The molecule has 7 heteroatoms. The minimum absolute atomic E-state index is 0.113. The van der Waals surface area contributed by atoms with E-state index in [1.165, 1.54) is 24.3 Å². The van der Waals surface area contributed by atoms with Crippen LogP contribution >= 0.6 is 23.2 Å². The quantitative estimate of drug-likeness (QED) is 0.858. The highest BCUT2D eigenvalue weighted by molar-refractivity contribution is 7.91. The number of aliphatic hydroxyl groups excluding tert-OH is 1.